The number of aliphatic hydroxyl groups excluding tert-OH is 1. The molecule has 1 heterocycles. The third-order valence-electron chi connectivity index (χ3n) is 3.54. The van der Waals surface area contributed by atoms with Gasteiger partial charge in [-0.05, 0) is 36.4 Å². The lowest BCUT2D eigenvalue weighted by atomic mass is 10.2. The number of aryl methyl sites for hydroxylation is 1. The third kappa shape index (κ3) is 3.76. The molecule has 3 N–H and O–H groups in total. The molecule has 5 nitrogen and oxygen atoms in total. The van der Waals surface area contributed by atoms with Crippen LogP contribution in [0.2, 0.25) is 0 Å². The van der Waals surface area contributed by atoms with E-state index in [2.05, 4.69) is 34.4 Å². The van der Waals surface area contributed by atoms with Gasteiger partial charge in [-0.1, -0.05) is 19.9 Å². The maximum absolute atomic E-state index is 11.9. The number of urea groups is 1. The van der Waals surface area contributed by atoms with Crippen molar-refractivity contribution >= 4 is 22.6 Å². The Morgan fingerprint density at radius 1 is 1.33 bits per heavy atom. The van der Waals surface area contributed by atoms with Gasteiger partial charge in [-0.15, -0.1) is 0 Å². The first kappa shape index (κ1) is 15.4. The number of aliphatic hydroxyl groups is 1. The van der Waals surface area contributed by atoms with Crippen LogP contribution in [-0.2, 0) is 6.54 Å². The molecule has 0 spiro atoms. The molecule has 2 aromatic rings. The first-order valence-corrected chi connectivity index (χ1v) is 7.45. The molecule has 1 aromatic heterocycles. The summed E-state index contributed by atoms with van der Waals surface area (Å²) in [5.74, 6) is 0. The van der Waals surface area contributed by atoms with E-state index in [4.69, 9.17) is 5.11 Å². The number of carbonyl (C=O) groups excluding carboxylic acids is 1. The van der Waals surface area contributed by atoms with Crippen LogP contribution >= 0.6 is 0 Å². The number of nitrogens with zero attached hydrogens (tertiary/aromatic N) is 1. The van der Waals surface area contributed by atoms with Gasteiger partial charge in [0, 0.05) is 18.4 Å². The largest absolute Gasteiger partial charge is 0.394 e. The smallest absolute Gasteiger partial charge is 0.319 e. The van der Waals surface area contributed by atoms with Crippen molar-refractivity contribution in [1.82, 2.24) is 9.88 Å². The molecular formula is C16H23N3O2. The van der Waals surface area contributed by atoms with Crippen LogP contribution in [0.25, 0.3) is 10.9 Å². The maximum Gasteiger partial charge on any atom is 0.319 e. The summed E-state index contributed by atoms with van der Waals surface area (Å²) in [4.78, 5) is 11.9. The molecule has 2 amide bonds. The molecule has 21 heavy (non-hydrogen) atoms. The van der Waals surface area contributed by atoms with Crippen LogP contribution < -0.4 is 10.6 Å². The van der Waals surface area contributed by atoms with Crippen LogP contribution in [0.1, 0.15) is 26.7 Å². The fourth-order valence-corrected chi connectivity index (χ4v) is 2.33. The minimum Gasteiger partial charge on any atom is -0.394 e. The monoisotopic (exact) mass is 289 g/mol. The summed E-state index contributed by atoms with van der Waals surface area (Å²) >= 11 is 0. The standard InChI is InChI=1S/C16H23N3O2/c1-3-8-19-9-7-12-5-6-14(10-15(12)19)18-16(21)17-13(4-2)11-20/h5-7,9-10,13,20H,3-4,8,11H2,1-2H3,(H2,17,18,21). The Bertz CT molecular complexity index is 603. The zero-order valence-corrected chi connectivity index (χ0v) is 12.6. The van der Waals surface area contributed by atoms with Crippen LogP contribution in [0.15, 0.2) is 30.5 Å². The predicted molar refractivity (Wildman–Crippen MR) is 85.5 cm³/mol. The van der Waals surface area contributed by atoms with Crippen LogP contribution in [0, 0.1) is 0 Å². The number of carbonyl (C=O) groups is 1. The Balaban J connectivity index is 2.11. The van der Waals surface area contributed by atoms with Gasteiger partial charge in [-0.25, -0.2) is 4.79 Å². The Kier molecular flexibility index (Phi) is 5.22. The highest BCUT2D eigenvalue weighted by Gasteiger charge is 2.09. The molecule has 0 aliphatic carbocycles. The van der Waals surface area contributed by atoms with Gasteiger partial charge in [0.15, 0.2) is 0 Å². The number of anilines is 1. The SMILES string of the molecule is CCCn1ccc2ccc(NC(=O)NC(CC)CO)cc21. The molecule has 0 fully saturated rings. The second-order valence-electron chi connectivity index (χ2n) is 5.17. The van der Waals surface area contributed by atoms with E-state index in [1.807, 2.05) is 25.1 Å². The summed E-state index contributed by atoms with van der Waals surface area (Å²) < 4.78 is 2.18. The molecule has 0 saturated heterocycles. The van der Waals surface area contributed by atoms with Crippen molar-refractivity contribution in [2.24, 2.45) is 0 Å². The van der Waals surface area contributed by atoms with E-state index in [1.165, 1.54) is 0 Å². The minimum absolute atomic E-state index is 0.0533. The fourth-order valence-electron chi connectivity index (χ4n) is 2.33. The number of hydrogen-bond donors (Lipinski definition) is 3. The lowest BCUT2D eigenvalue weighted by molar-refractivity contribution is 0.222. The molecule has 0 saturated carbocycles. The van der Waals surface area contributed by atoms with Gasteiger partial charge >= 0.3 is 6.03 Å². The number of benzene rings is 1. The summed E-state index contributed by atoms with van der Waals surface area (Å²) in [5, 5.41) is 15.8. The van der Waals surface area contributed by atoms with E-state index >= 15 is 0 Å². The van der Waals surface area contributed by atoms with Gasteiger partial charge in [0.05, 0.1) is 18.2 Å². The maximum atomic E-state index is 11.9. The van der Waals surface area contributed by atoms with Crippen LogP contribution in [0.4, 0.5) is 10.5 Å². The molecule has 1 aromatic carbocycles. The Labute approximate surface area is 125 Å². The van der Waals surface area contributed by atoms with E-state index in [-0.39, 0.29) is 18.7 Å². The first-order chi connectivity index (χ1) is 10.2. The van der Waals surface area contributed by atoms with Gasteiger partial charge in [-0.3, -0.25) is 0 Å². The normalized spacial score (nSPS) is 12.3. The Hall–Kier alpha value is -2.01. The predicted octanol–water partition coefficient (Wildman–Crippen LogP) is 2.94. The highest BCUT2D eigenvalue weighted by Crippen LogP contribution is 2.20. The highest BCUT2D eigenvalue weighted by molar-refractivity contribution is 5.93. The lowest BCUT2D eigenvalue weighted by Gasteiger charge is -2.15. The highest BCUT2D eigenvalue weighted by atomic mass is 16.3. The number of fused-ring (bicyclic) bond motifs is 1. The molecular weight excluding hydrogens is 266 g/mol. The van der Waals surface area contributed by atoms with Gasteiger partial charge in [0.2, 0.25) is 0 Å². The lowest BCUT2D eigenvalue weighted by Crippen LogP contribution is -2.39. The zero-order chi connectivity index (χ0) is 15.2. The van der Waals surface area contributed by atoms with Crippen molar-refractivity contribution in [3.63, 3.8) is 0 Å². The number of aromatic nitrogens is 1. The van der Waals surface area contributed by atoms with Crippen molar-refractivity contribution in [1.29, 1.82) is 0 Å². The van der Waals surface area contributed by atoms with Gasteiger partial charge < -0.3 is 20.3 Å². The average Bonchev–Trinajstić information content (AvgIpc) is 2.88. The van der Waals surface area contributed by atoms with Gasteiger partial charge in [0.1, 0.15) is 0 Å². The number of hydrogen-bond acceptors (Lipinski definition) is 2. The summed E-state index contributed by atoms with van der Waals surface area (Å²) in [6, 6.07) is 7.44. The average molecular weight is 289 g/mol. The van der Waals surface area contributed by atoms with E-state index in [0.717, 1.165) is 29.6 Å². The van der Waals surface area contributed by atoms with E-state index in [1.54, 1.807) is 0 Å². The Morgan fingerprint density at radius 2 is 2.14 bits per heavy atom. The molecule has 2 rings (SSSR count). The van der Waals surface area contributed by atoms with Crippen molar-refractivity contribution in [3.05, 3.63) is 30.5 Å². The molecule has 0 bridgehead atoms. The molecule has 1 unspecified atom stereocenters. The topological polar surface area (TPSA) is 66.3 Å². The fraction of sp³-hybridized carbons (Fsp3) is 0.438. The third-order valence-corrected chi connectivity index (χ3v) is 3.54. The molecule has 1 atom stereocenters. The van der Waals surface area contributed by atoms with Crippen LogP contribution in [0.3, 0.4) is 0 Å². The van der Waals surface area contributed by atoms with Crippen molar-refractivity contribution in [2.75, 3.05) is 11.9 Å². The summed E-state index contributed by atoms with van der Waals surface area (Å²) in [6.45, 7) is 4.97. The molecule has 0 aliphatic heterocycles. The zero-order valence-electron chi connectivity index (χ0n) is 12.6. The second kappa shape index (κ2) is 7.13. The number of rotatable bonds is 6. The summed E-state index contributed by atoms with van der Waals surface area (Å²) in [7, 11) is 0. The van der Waals surface area contributed by atoms with Gasteiger partial charge in [0.25, 0.3) is 0 Å². The van der Waals surface area contributed by atoms with Gasteiger partial charge in [-0.2, -0.15) is 0 Å². The molecule has 5 heteroatoms. The van der Waals surface area contributed by atoms with E-state index in [9.17, 15) is 4.79 Å². The van der Waals surface area contributed by atoms with Crippen molar-refractivity contribution in [2.45, 2.75) is 39.3 Å². The Morgan fingerprint density at radius 3 is 2.81 bits per heavy atom. The minimum atomic E-state index is -0.288. The summed E-state index contributed by atoms with van der Waals surface area (Å²) in [5.41, 5.74) is 1.87. The molecule has 0 aliphatic rings. The van der Waals surface area contributed by atoms with E-state index in [0.29, 0.717) is 6.42 Å². The number of nitrogens with one attached hydrogen (secondary N) is 2. The number of amides is 2. The molecule has 0 radical (unpaired) electrons. The van der Waals surface area contributed by atoms with Crippen LogP contribution in [0.5, 0.6) is 0 Å². The van der Waals surface area contributed by atoms with Crippen LogP contribution in [-0.4, -0.2) is 28.4 Å². The summed E-state index contributed by atoms with van der Waals surface area (Å²) in [6.07, 6.45) is 3.83. The first-order valence-electron chi connectivity index (χ1n) is 7.45. The van der Waals surface area contributed by atoms with Crippen molar-refractivity contribution < 1.29 is 9.90 Å². The quantitative estimate of drug-likeness (QED) is 0.765. The second-order valence-corrected chi connectivity index (χ2v) is 5.17. The van der Waals surface area contributed by atoms with E-state index < -0.39 is 0 Å². The van der Waals surface area contributed by atoms with Crippen molar-refractivity contribution in [3.8, 4) is 0 Å². The molecule has 114 valence electrons.